The Hall–Kier alpha value is -3.40. The van der Waals surface area contributed by atoms with Gasteiger partial charge < -0.3 is 20.1 Å². The standard InChI is InChI=1S/C27H30F2N6O2/c1-27-9-3-4-17(32-27)12-20(24(27)28)35(18-6-7-18)23-14-31-26(34-33-23)19-8-5-15(10-21(19)36)16-11-22(37-2)25(29)30-13-16/h5,8,10-11,13-14,17-18,20,24,32,36H,3-4,6-7,9,12H2,1-2H3/t17-,20+,24+,27-/m1/s1. The van der Waals surface area contributed by atoms with E-state index in [1.165, 1.54) is 19.4 Å². The van der Waals surface area contributed by atoms with Gasteiger partial charge in [0.1, 0.15) is 11.9 Å². The zero-order valence-electron chi connectivity index (χ0n) is 20.9. The van der Waals surface area contributed by atoms with Crippen molar-refractivity contribution in [3.8, 4) is 34.0 Å². The van der Waals surface area contributed by atoms with Crippen LogP contribution in [0, 0.1) is 5.95 Å². The minimum atomic E-state index is -1.01. The molecule has 37 heavy (non-hydrogen) atoms. The van der Waals surface area contributed by atoms with E-state index in [0.717, 1.165) is 38.5 Å². The maximum absolute atomic E-state index is 15.8. The van der Waals surface area contributed by atoms with E-state index in [2.05, 4.69) is 30.4 Å². The van der Waals surface area contributed by atoms with E-state index in [0.29, 0.717) is 28.6 Å². The maximum Gasteiger partial charge on any atom is 0.255 e. The second kappa shape index (κ2) is 9.16. The predicted octanol–water partition coefficient (Wildman–Crippen LogP) is 4.43. The van der Waals surface area contributed by atoms with Gasteiger partial charge in [-0.05, 0) is 69.2 Å². The average Bonchev–Trinajstić information content (AvgIpc) is 3.73. The molecular weight excluding hydrogens is 478 g/mol. The van der Waals surface area contributed by atoms with Crippen LogP contribution in [0.15, 0.2) is 36.7 Å². The minimum absolute atomic E-state index is 0.0197. The molecule has 194 valence electrons. The Bertz CT molecular complexity index is 1300. The Morgan fingerprint density at radius 2 is 1.95 bits per heavy atom. The van der Waals surface area contributed by atoms with Gasteiger partial charge in [-0.3, -0.25) is 0 Å². The van der Waals surface area contributed by atoms with Crippen LogP contribution in [0.3, 0.4) is 0 Å². The van der Waals surface area contributed by atoms with E-state index in [1.807, 2.05) is 6.92 Å². The van der Waals surface area contributed by atoms with Gasteiger partial charge >= 0.3 is 0 Å². The number of aromatic nitrogens is 4. The van der Waals surface area contributed by atoms with E-state index in [9.17, 15) is 9.50 Å². The molecule has 2 aromatic heterocycles. The van der Waals surface area contributed by atoms with Crippen LogP contribution in [0.1, 0.15) is 45.4 Å². The van der Waals surface area contributed by atoms with Crippen LogP contribution in [0.2, 0.25) is 0 Å². The van der Waals surface area contributed by atoms with E-state index >= 15 is 4.39 Å². The van der Waals surface area contributed by atoms with Crippen molar-refractivity contribution in [1.82, 2.24) is 25.5 Å². The van der Waals surface area contributed by atoms with E-state index < -0.39 is 17.7 Å². The number of fused-ring (bicyclic) bond motifs is 2. The SMILES string of the molecule is COc1cc(-c2ccc(-c3ncc(N(C4CC4)[C@H]4C[C@H]5CCC[C@@](C)(N5)[C@H]4F)nn3)c(O)c2)cnc1F. The third-order valence-corrected chi connectivity index (χ3v) is 7.97. The summed E-state index contributed by atoms with van der Waals surface area (Å²) in [7, 11) is 1.37. The average molecular weight is 509 g/mol. The first-order valence-electron chi connectivity index (χ1n) is 12.8. The smallest absolute Gasteiger partial charge is 0.255 e. The van der Waals surface area contributed by atoms with E-state index in [4.69, 9.17) is 4.74 Å². The highest BCUT2D eigenvalue weighted by molar-refractivity contribution is 5.73. The number of piperidine rings is 2. The van der Waals surface area contributed by atoms with Crippen molar-refractivity contribution < 1.29 is 18.6 Å². The molecule has 3 fully saturated rings. The second-order valence-electron chi connectivity index (χ2n) is 10.6. The molecule has 2 N–H and O–H groups in total. The van der Waals surface area contributed by atoms with Crippen molar-refractivity contribution in [3.63, 3.8) is 0 Å². The number of nitrogens with one attached hydrogen (secondary N) is 1. The molecule has 3 aromatic rings. The lowest BCUT2D eigenvalue weighted by atomic mass is 9.73. The van der Waals surface area contributed by atoms with Crippen molar-refractivity contribution >= 4 is 5.82 Å². The zero-order valence-corrected chi connectivity index (χ0v) is 20.9. The number of nitrogens with zero attached hydrogens (tertiary/aromatic N) is 5. The van der Waals surface area contributed by atoms with Crippen LogP contribution in [0.25, 0.3) is 22.5 Å². The van der Waals surface area contributed by atoms with Gasteiger partial charge in [0.25, 0.3) is 5.95 Å². The van der Waals surface area contributed by atoms with Gasteiger partial charge in [-0.2, -0.15) is 4.39 Å². The van der Waals surface area contributed by atoms with Gasteiger partial charge in [0.15, 0.2) is 17.4 Å². The molecular formula is C27H30F2N6O2. The monoisotopic (exact) mass is 508 g/mol. The third-order valence-electron chi connectivity index (χ3n) is 7.97. The second-order valence-corrected chi connectivity index (χ2v) is 10.6. The summed E-state index contributed by atoms with van der Waals surface area (Å²) in [5, 5.41) is 23.0. The molecule has 0 radical (unpaired) electrons. The fraction of sp³-hybridized carbons (Fsp3) is 0.481. The number of alkyl halides is 1. The molecule has 10 heteroatoms. The molecule has 4 heterocycles. The lowest BCUT2D eigenvalue weighted by molar-refractivity contribution is 0.0385. The predicted molar refractivity (Wildman–Crippen MR) is 135 cm³/mol. The summed E-state index contributed by atoms with van der Waals surface area (Å²) in [6.45, 7) is 2.00. The summed E-state index contributed by atoms with van der Waals surface area (Å²) in [5.41, 5.74) is 1.12. The van der Waals surface area contributed by atoms with Crippen LogP contribution in [-0.4, -0.2) is 62.2 Å². The van der Waals surface area contributed by atoms with Gasteiger partial charge in [-0.15, -0.1) is 10.2 Å². The largest absolute Gasteiger partial charge is 0.507 e. The number of rotatable bonds is 6. The van der Waals surface area contributed by atoms with Gasteiger partial charge in [-0.1, -0.05) is 6.07 Å². The third kappa shape index (κ3) is 4.37. The quantitative estimate of drug-likeness (QED) is 0.472. The van der Waals surface area contributed by atoms with Crippen LogP contribution in [0.5, 0.6) is 11.5 Å². The highest BCUT2D eigenvalue weighted by Gasteiger charge is 2.52. The number of phenolic OH excluding ortho intramolecular Hbond substituents is 1. The summed E-state index contributed by atoms with van der Waals surface area (Å²) < 4.78 is 34.5. The van der Waals surface area contributed by atoms with Crippen molar-refractivity contribution in [3.05, 3.63) is 42.6 Å². The number of phenols is 1. The molecule has 2 bridgehead atoms. The Balaban J connectivity index is 1.26. The Morgan fingerprint density at radius 1 is 1.11 bits per heavy atom. The van der Waals surface area contributed by atoms with Crippen molar-refractivity contribution in [2.24, 2.45) is 0 Å². The Morgan fingerprint density at radius 3 is 2.65 bits per heavy atom. The highest BCUT2D eigenvalue weighted by atomic mass is 19.1. The number of hydrogen-bond acceptors (Lipinski definition) is 8. The Labute approximate surface area is 214 Å². The van der Waals surface area contributed by atoms with Gasteiger partial charge in [-0.25, -0.2) is 14.4 Å². The van der Waals surface area contributed by atoms with Crippen molar-refractivity contribution in [2.45, 2.75) is 75.3 Å². The molecule has 4 atom stereocenters. The molecule has 1 aliphatic carbocycles. The minimum Gasteiger partial charge on any atom is -0.507 e. The van der Waals surface area contributed by atoms with Gasteiger partial charge in [0.05, 0.1) is 24.9 Å². The summed E-state index contributed by atoms with van der Waals surface area (Å²) in [4.78, 5) is 10.3. The fourth-order valence-corrected chi connectivity index (χ4v) is 5.93. The molecule has 0 spiro atoms. The summed E-state index contributed by atoms with van der Waals surface area (Å²) in [5.74, 6) is 0.115. The number of pyridine rings is 1. The van der Waals surface area contributed by atoms with E-state index in [-0.39, 0.29) is 29.4 Å². The normalized spacial score (nSPS) is 27.1. The molecule has 2 aliphatic heterocycles. The van der Waals surface area contributed by atoms with Crippen LogP contribution < -0.4 is 15.0 Å². The maximum atomic E-state index is 15.8. The lowest BCUT2D eigenvalue weighted by Gasteiger charge is -2.52. The van der Waals surface area contributed by atoms with Gasteiger partial charge in [0, 0.05) is 29.4 Å². The first-order chi connectivity index (χ1) is 17.9. The number of benzene rings is 1. The van der Waals surface area contributed by atoms with E-state index in [1.54, 1.807) is 24.4 Å². The van der Waals surface area contributed by atoms with Crippen LogP contribution >= 0.6 is 0 Å². The first-order valence-corrected chi connectivity index (χ1v) is 12.8. The number of hydrogen-bond donors (Lipinski definition) is 2. The van der Waals surface area contributed by atoms with Crippen LogP contribution in [0.4, 0.5) is 14.6 Å². The number of methoxy groups -OCH3 is 1. The zero-order chi connectivity index (χ0) is 25.7. The number of ether oxygens (including phenoxy) is 1. The highest BCUT2D eigenvalue weighted by Crippen LogP contribution is 2.43. The lowest BCUT2D eigenvalue weighted by Crippen LogP contribution is -2.69. The molecule has 6 rings (SSSR count). The number of aromatic hydroxyl groups is 1. The number of halogens is 2. The topological polar surface area (TPSA) is 96.3 Å². The molecule has 8 nitrogen and oxygen atoms in total. The van der Waals surface area contributed by atoms with Crippen LogP contribution in [-0.2, 0) is 0 Å². The van der Waals surface area contributed by atoms with Crippen molar-refractivity contribution in [2.75, 3.05) is 12.0 Å². The molecule has 1 saturated carbocycles. The Kier molecular flexibility index (Phi) is 5.94. The fourth-order valence-electron chi connectivity index (χ4n) is 5.93. The summed E-state index contributed by atoms with van der Waals surface area (Å²) in [6, 6.07) is 6.80. The number of anilines is 1. The molecule has 3 aliphatic rings. The first kappa shape index (κ1) is 24.0. The summed E-state index contributed by atoms with van der Waals surface area (Å²) >= 11 is 0. The molecule has 0 amide bonds. The summed E-state index contributed by atoms with van der Waals surface area (Å²) in [6.07, 6.45) is 7.70. The van der Waals surface area contributed by atoms with Gasteiger partial charge in [0.2, 0.25) is 0 Å². The molecule has 1 aromatic carbocycles. The van der Waals surface area contributed by atoms with Crippen molar-refractivity contribution in [1.29, 1.82) is 0 Å². The molecule has 0 unspecified atom stereocenters. The molecule has 2 saturated heterocycles.